The van der Waals surface area contributed by atoms with Gasteiger partial charge in [-0.15, -0.1) is 0 Å². The molecule has 2 heteroatoms. The van der Waals surface area contributed by atoms with E-state index in [4.69, 9.17) is 4.74 Å². The van der Waals surface area contributed by atoms with Gasteiger partial charge in [-0.25, -0.2) is 0 Å². The van der Waals surface area contributed by atoms with Crippen molar-refractivity contribution in [1.29, 1.82) is 0 Å². The standard InChI is InChI=1S/C20H26O2/c1-4-5-6-7-15-11-18(21)20-17-10-13(2)8-9-16(17)14(3)22-19(20)12-15/h10-12,16-17,21H,3-9H2,1-2H3/t16-,17+/m1/s1. The number of phenols is 1. The first-order valence-electron chi connectivity index (χ1n) is 8.50. The first-order chi connectivity index (χ1) is 10.6. The van der Waals surface area contributed by atoms with Crippen LogP contribution in [0.25, 0.3) is 0 Å². The van der Waals surface area contributed by atoms with Gasteiger partial charge in [0.15, 0.2) is 0 Å². The lowest BCUT2D eigenvalue weighted by Gasteiger charge is -2.37. The van der Waals surface area contributed by atoms with Crippen LogP contribution in [0.5, 0.6) is 11.5 Å². The van der Waals surface area contributed by atoms with Crippen LogP contribution in [0.1, 0.15) is 63.0 Å². The highest BCUT2D eigenvalue weighted by molar-refractivity contribution is 5.54. The number of hydrogen-bond acceptors (Lipinski definition) is 2. The molecule has 118 valence electrons. The quantitative estimate of drug-likeness (QED) is 0.590. The smallest absolute Gasteiger partial charge is 0.134 e. The third-order valence-corrected chi connectivity index (χ3v) is 4.98. The van der Waals surface area contributed by atoms with E-state index in [0.29, 0.717) is 11.7 Å². The molecule has 2 atom stereocenters. The Kier molecular flexibility index (Phi) is 4.28. The van der Waals surface area contributed by atoms with E-state index < -0.39 is 0 Å². The minimum atomic E-state index is 0.217. The summed E-state index contributed by atoms with van der Waals surface area (Å²) in [6.45, 7) is 8.50. The number of allylic oxidation sites excluding steroid dienone is 3. The third-order valence-electron chi connectivity index (χ3n) is 4.98. The van der Waals surface area contributed by atoms with Crippen molar-refractivity contribution in [2.24, 2.45) is 5.92 Å². The van der Waals surface area contributed by atoms with Crippen molar-refractivity contribution in [3.63, 3.8) is 0 Å². The van der Waals surface area contributed by atoms with Crippen molar-refractivity contribution in [2.45, 2.75) is 58.3 Å². The molecule has 1 aromatic rings. The summed E-state index contributed by atoms with van der Waals surface area (Å²) in [5.41, 5.74) is 3.51. The summed E-state index contributed by atoms with van der Waals surface area (Å²) >= 11 is 0. The lowest BCUT2D eigenvalue weighted by atomic mass is 9.74. The minimum absolute atomic E-state index is 0.217. The van der Waals surface area contributed by atoms with E-state index in [1.54, 1.807) is 0 Å². The molecule has 1 N–H and O–H groups in total. The Labute approximate surface area is 133 Å². The number of aromatic hydroxyl groups is 1. The Hall–Kier alpha value is -1.70. The van der Waals surface area contributed by atoms with Crippen LogP contribution in [0.2, 0.25) is 0 Å². The van der Waals surface area contributed by atoms with Crippen molar-refractivity contribution in [2.75, 3.05) is 0 Å². The average Bonchev–Trinajstić information content (AvgIpc) is 2.46. The highest BCUT2D eigenvalue weighted by Gasteiger charge is 2.36. The molecule has 1 aliphatic heterocycles. The number of fused-ring (bicyclic) bond motifs is 3. The van der Waals surface area contributed by atoms with Crippen LogP contribution in [0.3, 0.4) is 0 Å². The van der Waals surface area contributed by atoms with Crippen molar-refractivity contribution < 1.29 is 9.84 Å². The maximum absolute atomic E-state index is 10.6. The van der Waals surface area contributed by atoms with E-state index in [2.05, 4.69) is 32.6 Å². The van der Waals surface area contributed by atoms with Gasteiger partial charge in [0.2, 0.25) is 0 Å². The number of benzene rings is 1. The van der Waals surface area contributed by atoms with Crippen LogP contribution in [-0.4, -0.2) is 5.11 Å². The molecule has 1 aliphatic carbocycles. The summed E-state index contributed by atoms with van der Waals surface area (Å²) in [4.78, 5) is 0. The van der Waals surface area contributed by atoms with E-state index in [1.807, 2.05) is 6.07 Å². The SMILES string of the molecule is C=C1Oc2cc(CCCCC)cc(O)c2[C@H]2C=C(C)CC[C@H]12. The first kappa shape index (κ1) is 15.2. The van der Waals surface area contributed by atoms with Gasteiger partial charge in [-0.2, -0.15) is 0 Å². The summed E-state index contributed by atoms with van der Waals surface area (Å²) in [6, 6.07) is 4.03. The fraction of sp³-hybridized carbons (Fsp3) is 0.500. The van der Waals surface area contributed by atoms with Gasteiger partial charge in [-0.1, -0.05) is 38.0 Å². The van der Waals surface area contributed by atoms with E-state index in [1.165, 1.54) is 18.4 Å². The Morgan fingerprint density at radius 2 is 2.14 bits per heavy atom. The molecule has 1 aromatic carbocycles. The molecule has 0 spiro atoms. The summed E-state index contributed by atoms with van der Waals surface area (Å²) in [6.07, 6.45) is 9.01. The average molecular weight is 298 g/mol. The molecule has 3 rings (SSSR count). The van der Waals surface area contributed by atoms with Gasteiger partial charge in [0.25, 0.3) is 0 Å². The summed E-state index contributed by atoms with van der Waals surface area (Å²) < 4.78 is 5.98. The minimum Gasteiger partial charge on any atom is -0.507 e. The highest BCUT2D eigenvalue weighted by atomic mass is 16.5. The van der Waals surface area contributed by atoms with Gasteiger partial charge in [-0.05, 0) is 50.3 Å². The molecule has 0 saturated carbocycles. The molecule has 0 unspecified atom stereocenters. The van der Waals surface area contributed by atoms with Crippen LogP contribution in [0, 0.1) is 5.92 Å². The maximum Gasteiger partial charge on any atom is 0.134 e. The molecule has 0 amide bonds. The number of ether oxygens (including phenoxy) is 1. The Bertz CT molecular complexity index is 612. The summed E-state index contributed by atoms with van der Waals surface area (Å²) in [5.74, 6) is 2.57. The second kappa shape index (κ2) is 6.20. The highest BCUT2D eigenvalue weighted by Crippen LogP contribution is 2.51. The number of unbranched alkanes of at least 4 members (excludes halogenated alkanes) is 2. The predicted octanol–water partition coefficient (Wildman–Crippen LogP) is 5.47. The lowest BCUT2D eigenvalue weighted by molar-refractivity contribution is 0.275. The van der Waals surface area contributed by atoms with Gasteiger partial charge in [-0.3, -0.25) is 0 Å². The molecule has 0 bridgehead atoms. The largest absolute Gasteiger partial charge is 0.507 e. The summed E-state index contributed by atoms with van der Waals surface area (Å²) in [5, 5.41) is 10.6. The summed E-state index contributed by atoms with van der Waals surface area (Å²) in [7, 11) is 0. The van der Waals surface area contributed by atoms with E-state index >= 15 is 0 Å². The number of aryl methyl sites for hydroxylation is 1. The lowest BCUT2D eigenvalue weighted by Crippen LogP contribution is -2.25. The number of phenolic OH excluding ortho intramolecular Hbond substituents is 1. The second-order valence-electron chi connectivity index (χ2n) is 6.74. The molecule has 0 aromatic heterocycles. The van der Waals surface area contributed by atoms with Gasteiger partial charge < -0.3 is 9.84 Å². The number of rotatable bonds is 4. The van der Waals surface area contributed by atoms with E-state index in [9.17, 15) is 5.11 Å². The van der Waals surface area contributed by atoms with Gasteiger partial charge in [0.05, 0.1) is 0 Å². The molecule has 0 radical (unpaired) electrons. The van der Waals surface area contributed by atoms with E-state index in [-0.39, 0.29) is 5.92 Å². The molecular weight excluding hydrogens is 272 g/mol. The molecule has 2 aliphatic rings. The molecular formula is C20H26O2. The van der Waals surface area contributed by atoms with E-state index in [0.717, 1.165) is 48.3 Å². The monoisotopic (exact) mass is 298 g/mol. The molecule has 2 nitrogen and oxygen atoms in total. The zero-order valence-corrected chi connectivity index (χ0v) is 13.7. The van der Waals surface area contributed by atoms with Gasteiger partial charge in [0.1, 0.15) is 17.3 Å². The van der Waals surface area contributed by atoms with Crippen molar-refractivity contribution in [3.8, 4) is 11.5 Å². The third kappa shape index (κ3) is 2.79. The number of hydrogen-bond donors (Lipinski definition) is 1. The topological polar surface area (TPSA) is 29.5 Å². The molecule has 0 fully saturated rings. The van der Waals surface area contributed by atoms with Crippen LogP contribution < -0.4 is 4.74 Å². The van der Waals surface area contributed by atoms with Crippen LogP contribution in [0.15, 0.2) is 36.1 Å². The van der Waals surface area contributed by atoms with Crippen molar-refractivity contribution >= 4 is 0 Å². The normalized spacial score (nSPS) is 23.4. The zero-order valence-electron chi connectivity index (χ0n) is 13.7. The Balaban J connectivity index is 1.95. The fourth-order valence-corrected chi connectivity index (χ4v) is 3.74. The van der Waals surface area contributed by atoms with Gasteiger partial charge >= 0.3 is 0 Å². The molecule has 22 heavy (non-hydrogen) atoms. The Morgan fingerprint density at radius 3 is 2.91 bits per heavy atom. The second-order valence-corrected chi connectivity index (χ2v) is 6.74. The van der Waals surface area contributed by atoms with Crippen molar-refractivity contribution in [3.05, 3.63) is 47.2 Å². The van der Waals surface area contributed by atoms with Crippen LogP contribution in [-0.2, 0) is 6.42 Å². The molecule has 0 saturated heterocycles. The van der Waals surface area contributed by atoms with Crippen molar-refractivity contribution in [1.82, 2.24) is 0 Å². The predicted molar refractivity (Wildman–Crippen MR) is 90.3 cm³/mol. The first-order valence-corrected chi connectivity index (χ1v) is 8.50. The van der Waals surface area contributed by atoms with Gasteiger partial charge in [0, 0.05) is 17.4 Å². The Morgan fingerprint density at radius 1 is 1.32 bits per heavy atom. The zero-order chi connectivity index (χ0) is 15.7. The maximum atomic E-state index is 10.6. The molecule has 1 heterocycles. The fourth-order valence-electron chi connectivity index (χ4n) is 3.74. The van der Waals surface area contributed by atoms with Crippen LogP contribution in [0.4, 0.5) is 0 Å². The van der Waals surface area contributed by atoms with Crippen LogP contribution >= 0.6 is 0 Å².